The minimum atomic E-state index is -0.382. The van der Waals surface area contributed by atoms with Gasteiger partial charge in [0.05, 0.1) is 17.6 Å². The van der Waals surface area contributed by atoms with Crippen LogP contribution in [0.2, 0.25) is 0 Å². The number of ether oxygens (including phenoxy) is 1. The summed E-state index contributed by atoms with van der Waals surface area (Å²) in [5.41, 5.74) is 3.35. The van der Waals surface area contributed by atoms with Crippen molar-refractivity contribution in [1.29, 1.82) is 0 Å². The Balaban J connectivity index is 1.79. The molecule has 1 N–H and O–H groups in total. The number of carbonyl (C=O) groups excluding carboxylic acids is 2. The Kier molecular flexibility index (Phi) is 5.41. The summed E-state index contributed by atoms with van der Waals surface area (Å²) in [5.74, 6) is -0.835. The Labute approximate surface area is 175 Å². The van der Waals surface area contributed by atoms with Gasteiger partial charge in [-0.25, -0.2) is 4.79 Å². The maximum Gasteiger partial charge on any atom is 0.336 e. The molecule has 2 aromatic rings. The Bertz CT molecular complexity index is 973. The van der Waals surface area contributed by atoms with E-state index in [0.29, 0.717) is 12.0 Å². The molecule has 0 radical (unpaired) electrons. The van der Waals surface area contributed by atoms with Gasteiger partial charge in [0.25, 0.3) is 0 Å². The molecular formula is C24H25NO3S. The molecule has 5 heteroatoms. The van der Waals surface area contributed by atoms with Gasteiger partial charge in [0, 0.05) is 34.5 Å². The molecule has 1 aliphatic heterocycles. The standard InChI is InChI=1S/C24H25NO3S/c1-14(2)28-24(27)21-15(3)25-18-12-17(16-8-5-4-6-9-16)13-19(26)22(18)23(21)20-10-7-11-29-20/h4-12,14,17,22-23,25H,13H2,1-3H3. The third-order valence-electron chi connectivity index (χ3n) is 5.50. The predicted molar refractivity (Wildman–Crippen MR) is 115 cm³/mol. The molecule has 4 rings (SSSR count). The van der Waals surface area contributed by atoms with Gasteiger partial charge in [0.2, 0.25) is 0 Å². The van der Waals surface area contributed by atoms with Crippen molar-refractivity contribution in [2.75, 3.05) is 0 Å². The van der Waals surface area contributed by atoms with E-state index in [2.05, 4.69) is 23.5 Å². The Morgan fingerprint density at radius 1 is 1.14 bits per heavy atom. The Morgan fingerprint density at radius 3 is 2.55 bits per heavy atom. The van der Waals surface area contributed by atoms with E-state index in [-0.39, 0.29) is 35.6 Å². The molecule has 0 spiro atoms. The molecule has 3 unspecified atom stereocenters. The van der Waals surface area contributed by atoms with Crippen LogP contribution in [0, 0.1) is 5.92 Å². The van der Waals surface area contributed by atoms with Crippen LogP contribution in [0.3, 0.4) is 0 Å². The Morgan fingerprint density at radius 2 is 1.90 bits per heavy atom. The van der Waals surface area contributed by atoms with Gasteiger partial charge in [-0.1, -0.05) is 42.5 Å². The second-order valence-corrected chi connectivity index (χ2v) is 8.88. The van der Waals surface area contributed by atoms with E-state index in [1.807, 2.05) is 56.5 Å². The van der Waals surface area contributed by atoms with Crippen molar-refractivity contribution in [2.45, 2.75) is 45.1 Å². The average Bonchev–Trinajstić information content (AvgIpc) is 3.21. The number of benzene rings is 1. The van der Waals surface area contributed by atoms with Crippen molar-refractivity contribution < 1.29 is 14.3 Å². The number of nitrogens with one attached hydrogen (secondary N) is 1. The lowest BCUT2D eigenvalue weighted by molar-refractivity contribution is -0.143. The summed E-state index contributed by atoms with van der Waals surface area (Å²) in [6.07, 6.45) is 2.39. The van der Waals surface area contributed by atoms with Crippen LogP contribution in [0.15, 0.2) is 70.9 Å². The van der Waals surface area contributed by atoms with Crippen molar-refractivity contribution >= 4 is 23.1 Å². The smallest absolute Gasteiger partial charge is 0.336 e. The van der Waals surface area contributed by atoms with Crippen LogP contribution in [-0.2, 0) is 14.3 Å². The number of fused-ring (bicyclic) bond motifs is 1. The SMILES string of the molecule is CC1=C(C(=O)OC(C)C)C(c2cccs2)C2C(=O)CC(c3ccccc3)C=C2N1. The highest BCUT2D eigenvalue weighted by Crippen LogP contribution is 2.47. The molecule has 1 aromatic heterocycles. The number of thiophene rings is 1. The molecule has 3 atom stereocenters. The minimum absolute atomic E-state index is 0.0448. The van der Waals surface area contributed by atoms with Crippen LogP contribution in [0.1, 0.15) is 49.5 Å². The summed E-state index contributed by atoms with van der Waals surface area (Å²) >= 11 is 1.58. The van der Waals surface area contributed by atoms with E-state index < -0.39 is 0 Å². The van der Waals surface area contributed by atoms with Crippen molar-refractivity contribution in [3.8, 4) is 0 Å². The lowest BCUT2D eigenvalue weighted by Gasteiger charge is -2.39. The molecule has 2 heterocycles. The van der Waals surface area contributed by atoms with Gasteiger partial charge in [-0.2, -0.15) is 0 Å². The first-order valence-electron chi connectivity index (χ1n) is 9.97. The maximum atomic E-state index is 13.4. The Hall–Kier alpha value is -2.66. The molecule has 29 heavy (non-hydrogen) atoms. The summed E-state index contributed by atoms with van der Waals surface area (Å²) in [6, 6.07) is 14.1. The minimum Gasteiger partial charge on any atom is -0.460 e. The number of hydrogen-bond acceptors (Lipinski definition) is 5. The number of ketones is 1. The van der Waals surface area contributed by atoms with Crippen molar-refractivity contribution in [2.24, 2.45) is 5.92 Å². The van der Waals surface area contributed by atoms with E-state index in [4.69, 9.17) is 4.74 Å². The number of Topliss-reactive ketones (excluding diaryl/α,β-unsaturated/α-hetero) is 1. The molecular weight excluding hydrogens is 382 g/mol. The van der Waals surface area contributed by atoms with Gasteiger partial charge < -0.3 is 10.1 Å². The van der Waals surface area contributed by atoms with Crippen LogP contribution in [0.4, 0.5) is 0 Å². The van der Waals surface area contributed by atoms with Crippen molar-refractivity contribution in [1.82, 2.24) is 5.32 Å². The fraction of sp³-hybridized carbons (Fsp3) is 0.333. The number of carbonyl (C=O) groups is 2. The fourth-order valence-electron chi connectivity index (χ4n) is 4.31. The average molecular weight is 408 g/mol. The lowest BCUT2D eigenvalue weighted by atomic mass is 9.70. The topological polar surface area (TPSA) is 55.4 Å². The molecule has 2 aliphatic rings. The van der Waals surface area contributed by atoms with Crippen molar-refractivity contribution in [3.05, 3.63) is 81.3 Å². The quantitative estimate of drug-likeness (QED) is 0.731. The van der Waals surface area contributed by atoms with Gasteiger partial charge in [-0.3, -0.25) is 4.79 Å². The van der Waals surface area contributed by atoms with Crippen LogP contribution in [0.25, 0.3) is 0 Å². The molecule has 1 aromatic carbocycles. The second kappa shape index (κ2) is 7.99. The third kappa shape index (κ3) is 3.79. The summed E-state index contributed by atoms with van der Waals surface area (Å²) in [6.45, 7) is 5.57. The first-order chi connectivity index (χ1) is 14.0. The highest BCUT2D eigenvalue weighted by molar-refractivity contribution is 7.10. The maximum absolute atomic E-state index is 13.4. The van der Waals surface area contributed by atoms with E-state index in [9.17, 15) is 9.59 Å². The van der Waals surface area contributed by atoms with Crippen LogP contribution in [-0.4, -0.2) is 17.9 Å². The molecule has 150 valence electrons. The summed E-state index contributed by atoms with van der Waals surface area (Å²) in [5, 5.41) is 5.36. The monoisotopic (exact) mass is 407 g/mol. The molecule has 0 bridgehead atoms. The van der Waals surface area contributed by atoms with Gasteiger partial charge in [0.1, 0.15) is 5.78 Å². The molecule has 0 saturated heterocycles. The summed E-state index contributed by atoms with van der Waals surface area (Å²) in [7, 11) is 0. The van der Waals surface area contributed by atoms with Crippen LogP contribution in [0.5, 0.6) is 0 Å². The van der Waals surface area contributed by atoms with Crippen LogP contribution < -0.4 is 5.32 Å². The highest BCUT2D eigenvalue weighted by Gasteiger charge is 2.45. The zero-order valence-corrected chi connectivity index (χ0v) is 17.7. The molecule has 0 amide bonds. The van der Waals surface area contributed by atoms with Gasteiger partial charge >= 0.3 is 5.97 Å². The van der Waals surface area contributed by atoms with E-state index >= 15 is 0 Å². The number of rotatable bonds is 4. The third-order valence-corrected chi connectivity index (χ3v) is 6.46. The van der Waals surface area contributed by atoms with Gasteiger partial charge in [-0.05, 0) is 37.8 Å². The summed E-state index contributed by atoms with van der Waals surface area (Å²) in [4.78, 5) is 27.3. The number of allylic oxidation sites excluding steroid dienone is 3. The zero-order valence-electron chi connectivity index (χ0n) is 16.8. The fourth-order valence-corrected chi connectivity index (χ4v) is 5.18. The number of hydrogen-bond donors (Lipinski definition) is 1. The van der Waals surface area contributed by atoms with E-state index in [1.54, 1.807) is 11.3 Å². The molecule has 0 fully saturated rings. The van der Waals surface area contributed by atoms with Gasteiger partial charge in [-0.15, -0.1) is 11.3 Å². The number of esters is 1. The largest absolute Gasteiger partial charge is 0.460 e. The highest BCUT2D eigenvalue weighted by atomic mass is 32.1. The molecule has 4 nitrogen and oxygen atoms in total. The van der Waals surface area contributed by atoms with Gasteiger partial charge in [0.15, 0.2) is 0 Å². The summed E-state index contributed by atoms with van der Waals surface area (Å²) < 4.78 is 5.53. The lowest BCUT2D eigenvalue weighted by Crippen LogP contribution is -2.41. The van der Waals surface area contributed by atoms with E-state index in [1.165, 1.54) is 0 Å². The second-order valence-electron chi connectivity index (χ2n) is 7.90. The van der Waals surface area contributed by atoms with Crippen molar-refractivity contribution in [3.63, 3.8) is 0 Å². The zero-order chi connectivity index (χ0) is 20.5. The normalized spacial score (nSPS) is 24.1. The molecule has 0 saturated carbocycles. The molecule has 1 aliphatic carbocycles. The predicted octanol–water partition coefficient (Wildman–Crippen LogP) is 4.92. The first kappa shape index (κ1) is 19.6. The van der Waals surface area contributed by atoms with Crippen LogP contribution >= 0.6 is 11.3 Å². The van der Waals surface area contributed by atoms with E-state index in [0.717, 1.165) is 21.8 Å². The first-order valence-corrected chi connectivity index (χ1v) is 10.8.